The van der Waals surface area contributed by atoms with E-state index < -0.39 is 10.9 Å². The summed E-state index contributed by atoms with van der Waals surface area (Å²) >= 11 is 6.08. The largest absolute Gasteiger partial charge is 0.491 e. The van der Waals surface area contributed by atoms with Crippen LogP contribution in [0.3, 0.4) is 0 Å². The second kappa shape index (κ2) is 8.22. The van der Waals surface area contributed by atoms with Crippen LogP contribution in [-0.2, 0) is 9.53 Å². The number of carbonyl (C=O) groups excluding carboxylic acids is 1. The minimum Gasteiger partial charge on any atom is -0.491 e. The van der Waals surface area contributed by atoms with Crippen LogP contribution in [0, 0.1) is 10.1 Å². The van der Waals surface area contributed by atoms with Crippen molar-refractivity contribution in [2.24, 2.45) is 4.99 Å². The van der Waals surface area contributed by atoms with Crippen LogP contribution in [0.4, 0.5) is 5.69 Å². The van der Waals surface area contributed by atoms with E-state index in [1.54, 1.807) is 30.3 Å². The molecule has 0 saturated carbocycles. The highest BCUT2D eigenvalue weighted by Gasteiger charge is 2.27. The van der Waals surface area contributed by atoms with Gasteiger partial charge < -0.3 is 9.47 Å². The van der Waals surface area contributed by atoms with E-state index in [1.165, 1.54) is 18.2 Å². The highest BCUT2D eigenvalue weighted by Crippen LogP contribution is 2.27. The van der Waals surface area contributed by atoms with Gasteiger partial charge in [0.2, 0.25) is 5.90 Å². The summed E-state index contributed by atoms with van der Waals surface area (Å²) in [6, 6.07) is 11.1. The molecule has 1 aliphatic heterocycles. The first-order chi connectivity index (χ1) is 13.4. The fourth-order valence-electron chi connectivity index (χ4n) is 2.43. The van der Waals surface area contributed by atoms with Crippen LogP contribution in [0.1, 0.15) is 31.4 Å². The van der Waals surface area contributed by atoms with Gasteiger partial charge in [0.05, 0.1) is 21.6 Å². The topological polar surface area (TPSA) is 91.0 Å². The van der Waals surface area contributed by atoms with E-state index in [0.29, 0.717) is 0 Å². The maximum atomic E-state index is 12.1. The molecule has 144 valence electrons. The lowest BCUT2D eigenvalue weighted by molar-refractivity contribution is -0.384. The monoisotopic (exact) mass is 400 g/mol. The Kier molecular flexibility index (Phi) is 5.75. The van der Waals surface area contributed by atoms with Crippen LogP contribution >= 0.6 is 11.6 Å². The Hall–Kier alpha value is -3.19. The molecule has 28 heavy (non-hydrogen) atoms. The van der Waals surface area contributed by atoms with Gasteiger partial charge in [0.15, 0.2) is 5.70 Å². The molecule has 0 spiro atoms. The predicted molar refractivity (Wildman–Crippen MR) is 106 cm³/mol. The molecule has 0 amide bonds. The number of ether oxygens (including phenoxy) is 2. The van der Waals surface area contributed by atoms with Gasteiger partial charge in [0.25, 0.3) is 5.69 Å². The fourth-order valence-corrected chi connectivity index (χ4v) is 2.63. The van der Waals surface area contributed by atoms with Gasteiger partial charge in [-0.2, -0.15) is 0 Å². The summed E-state index contributed by atoms with van der Waals surface area (Å²) in [4.78, 5) is 26.7. The number of nitro benzene ring substituents is 1. The number of hydrogen-bond donors (Lipinski definition) is 0. The molecule has 8 heteroatoms. The Morgan fingerprint density at radius 3 is 2.64 bits per heavy atom. The van der Waals surface area contributed by atoms with Crippen LogP contribution < -0.4 is 4.74 Å². The number of aliphatic imine (C=N–C) groups is 1. The maximum Gasteiger partial charge on any atom is 0.363 e. The summed E-state index contributed by atoms with van der Waals surface area (Å²) in [5.74, 6) is 0.0113. The number of halogens is 1. The van der Waals surface area contributed by atoms with Gasteiger partial charge in [0.1, 0.15) is 5.75 Å². The number of rotatable bonds is 6. The lowest BCUT2D eigenvalue weighted by Crippen LogP contribution is -2.09. The molecule has 0 saturated heterocycles. The quantitative estimate of drug-likeness (QED) is 0.301. The summed E-state index contributed by atoms with van der Waals surface area (Å²) in [6.45, 7) is 4.03. The van der Waals surface area contributed by atoms with E-state index in [9.17, 15) is 14.9 Å². The molecular weight excluding hydrogens is 384 g/mol. The average molecular weight is 401 g/mol. The summed E-state index contributed by atoms with van der Waals surface area (Å²) in [5, 5.41) is 11.2. The number of nitro groups is 1. The third-order valence-electron chi connectivity index (χ3n) is 4.11. The SMILES string of the molecule is CCC(C)Oc1ccc(/C=C2\N=C(c3cc([N+](=O)[O-])ccc3Cl)OC2=O)cc1. The first-order valence-electron chi connectivity index (χ1n) is 8.61. The van der Waals surface area contributed by atoms with E-state index in [0.717, 1.165) is 17.7 Å². The van der Waals surface area contributed by atoms with E-state index in [4.69, 9.17) is 21.1 Å². The number of esters is 1. The van der Waals surface area contributed by atoms with E-state index in [1.807, 2.05) is 13.8 Å². The van der Waals surface area contributed by atoms with Crippen LogP contribution in [0.5, 0.6) is 5.75 Å². The average Bonchev–Trinajstić information content (AvgIpc) is 3.03. The minimum absolute atomic E-state index is 0.0679. The summed E-state index contributed by atoms with van der Waals surface area (Å²) in [5.41, 5.74) is 0.823. The third-order valence-corrected chi connectivity index (χ3v) is 4.44. The Labute approximate surface area is 166 Å². The molecule has 0 aliphatic carbocycles. The molecule has 2 aromatic carbocycles. The van der Waals surface area contributed by atoms with Gasteiger partial charge in [-0.15, -0.1) is 0 Å². The van der Waals surface area contributed by atoms with E-state index in [2.05, 4.69) is 4.99 Å². The second-order valence-corrected chi connectivity index (χ2v) is 6.57. The highest BCUT2D eigenvalue weighted by molar-refractivity contribution is 6.34. The van der Waals surface area contributed by atoms with Crippen LogP contribution in [0.2, 0.25) is 5.02 Å². The Bertz CT molecular complexity index is 983. The zero-order valence-corrected chi connectivity index (χ0v) is 16.0. The molecule has 0 aromatic heterocycles. The van der Waals surface area contributed by atoms with Crippen molar-refractivity contribution >= 4 is 35.2 Å². The van der Waals surface area contributed by atoms with Gasteiger partial charge in [-0.05, 0) is 43.2 Å². The van der Waals surface area contributed by atoms with Crippen LogP contribution in [0.15, 0.2) is 53.2 Å². The molecule has 1 heterocycles. The molecule has 3 rings (SSSR count). The number of benzene rings is 2. The van der Waals surface area contributed by atoms with Crippen molar-refractivity contribution < 1.29 is 19.2 Å². The first-order valence-corrected chi connectivity index (χ1v) is 8.98. The normalized spacial score (nSPS) is 15.9. The van der Waals surface area contributed by atoms with Crippen molar-refractivity contribution in [3.63, 3.8) is 0 Å². The molecular formula is C20H17ClN2O5. The van der Waals surface area contributed by atoms with Crippen LogP contribution in [0.25, 0.3) is 6.08 Å². The minimum atomic E-state index is -0.655. The lowest BCUT2D eigenvalue weighted by atomic mass is 10.2. The first kappa shape index (κ1) is 19.6. The van der Waals surface area contributed by atoms with Crippen molar-refractivity contribution in [3.8, 4) is 5.75 Å². The molecule has 0 radical (unpaired) electrons. The Morgan fingerprint density at radius 2 is 2.00 bits per heavy atom. The molecule has 7 nitrogen and oxygen atoms in total. The summed E-state index contributed by atoms with van der Waals surface area (Å²) in [7, 11) is 0. The van der Waals surface area contributed by atoms with Crippen molar-refractivity contribution in [2.75, 3.05) is 0 Å². The molecule has 0 bridgehead atoms. The Morgan fingerprint density at radius 1 is 1.29 bits per heavy atom. The van der Waals surface area contributed by atoms with Crippen LogP contribution in [-0.4, -0.2) is 22.9 Å². The van der Waals surface area contributed by atoms with Gasteiger partial charge >= 0.3 is 5.97 Å². The Balaban J connectivity index is 1.86. The van der Waals surface area contributed by atoms with E-state index in [-0.39, 0.29) is 34.0 Å². The van der Waals surface area contributed by atoms with Crippen molar-refractivity contribution in [1.29, 1.82) is 0 Å². The van der Waals surface area contributed by atoms with Gasteiger partial charge in [0, 0.05) is 12.1 Å². The summed E-state index contributed by atoms with van der Waals surface area (Å²) in [6.07, 6.45) is 2.57. The number of carbonyl (C=O) groups is 1. The maximum absolute atomic E-state index is 12.1. The molecule has 0 fully saturated rings. The molecule has 1 aliphatic rings. The second-order valence-electron chi connectivity index (χ2n) is 6.16. The standard InChI is InChI=1S/C20H17ClN2O5/c1-3-12(2)27-15-7-4-13(5-8-15)10-18-20(24)28-19(22-18)16-11-14(23(25)26)6-9-17(16)21/h4-12H,3H2,1-2H3/b18-10-. The lowest BCUT2D eigenvalue weighted by Gasteiger charge is -2.12. The smallest absolute Gasteiger partial charge is 0.363 e. The fraction of sp³-hybridized carbons (Fsp3) is 0.200. The summed E-state index contributed by atoms with van der Waals surface area (Å²) < 4.78 is 10.9. The number of nitrogens with zero attached hydrogens (tertiary/aromatic N) is 2. The van der Waals surface area contributed by atoms with Gasteiger partial charge in [-0.25, -0.2) is 9.79 Å². The predicted octanol–water partition coefficient (Wildman–Crippen LogP) is 4.77. The zero-order chi connectivity index (χ0) is 20.3. The number of non-ortho nitro benzene ring substituents is 1. The van der Waals surface area contributed by atoms with Gasteiger partial charge in [-0.3, -0.25) is 10.1 Å². The zero-order valence-electron chi connectivity index (χ0n) is 15.2. The number of hydrogen-bond acceptors (Lipinski definition) is 6. The van der Waals surface area contributed by atoms with E-state index >= 15 is 0 Å². The van der Waals surface area contributed by atoms with Gasteiger partial charge in [-0.1, -0.05) is 30.7 Å². The molecule has 1 atom stereocenters. The molecule has 1 unspecified atom stereocenters. The molecule has 2 aromatic rings. The van der Waals surface area contributed by atoms with Crippen molar-refractivity contribution in [3.05, 3.63) is 74.4 Å². The molecule has 0 N–H and O–H groups in total. The van der Waals surface area contributed by atoms with Crippen molar-refractivity contribution in [1.82, 2.24) is 0 Å². The number of cyclic esters (lactones) is 1. The highest BCUT2D eigenvalue weighted by atomic mass is 35.5. The third kappa shape index (κ3) is 4.37. The van der Waals surface area contributed by atoms with Crippen molar-refractivity contribution in [2.45, 2.75) is 26.4 Å².